The maximum absolute atomic E-state index is 11.1. The zero-order valence-corrected chi connectivity index (χ0v) is 8.73. The molecule has 0 spiro atoms. The normalized spacial score (nSPS) is 27.6. The van der Waals surface area contributed by atoms with Gasteiger partial charge in [-0.3, -0.25) is 9.69 Å². The van der Waals surface area contributed by atoms with Gasteiger partial charge in [0, 0.05) is 20.0 Å². The summed E-state index contributed by atoms with van der Waals surface area (Å²) in [7, 11) is 0. The molecule has 2 atom stereocenters. The number of piperazine rings is 1. The molecule has 2 unspecified atom stereocenters. The summed E-state index contributed by atoms with van der Waals surface area (Å²) in [6.45, 7) is 6.13. The van der Waals surface area contributed by atoms with E-state index in [0.717, 1.165) is 0 Å². The number of carboxylic acid groups (broad SMARTS) is 1. The van der Waals surface area contributed by atoms with Crippen LogP contribution in [0.2, 0.25) is 0 Å². The topological polar surface area (TPSA) is 60.9 Å². The van der Waals surface area contributed by atoms with Gasteiger partial charge in [0.2, 0.25) is 5.91 Å². The van der Waals surface area contributed by atoms with Crippen molar-refractivity contribution in [1.29, 1.82) is 0 Å². The van der Waals surface area contributed by atoms with E-state index in [4.69, 9.17) is 5.11 Å². The average Bonchev–Trinajstić information content (AvgIpc) is 2.01. The summed E-state index contributed by atoms with van der Waals surface area (Å²) in [6.07, 6.45) is -0.909. The largest absolute Gasteiger partial charge is 0.465 e. The molecule has 1 heterocycles. The van der Waals surface area contributed by atoms with Gasteiger partial charge in [-0.15, -0.1) is 0 Å². The molecule has 1 fully saturated rings. The lowest BCUT2D eigenvalue weighted by atomic mass is 10.1. The second kappa shape index (κ2) is 3.86. The third-order valence-corrected chi connectivity index (χ3v) is 2.59. The Balaban J connectivity index is 2.72. The molecule has 1 aliphatic rings. The molecule has 5 heteroatoms. The van der Waals surface area contributed by atoms with Crippen LogP contribution in [0.25, 0.3) is 0 Å². The summed E-state index contributed by atoms with van der Waals surface area (Å²) in [4.78, 5) is 25.1. The first kappa shape index (κ1) is 10.8. The van der Waals surface area contributed by atoms with Crippen LogP contribution >= 0.6 is 0 Å². The summed E-state index contributed by atoms with van der Waals surface area (Å²) in [5, 5.41) is 8.93. The lowest BCUT2D eigenvalue weighted by Gasteiger charge is -2.42. The van der Waals surface area contributed by atoms with E-state index in [9.17, 15) is 9.59 Å². The SMILES string of the molecule is CC(=O)N1CC(C)N(C(=O)O)C(C)C1. The van der Waals surface area contributed by atoms with E-state index in [-0.39, 0.29) is 18.0 Å². The van der Waals surface area contributed by atoms with Gasteiger partial charge in [0.1, 0.15) is 0 Å². The van der Waals surface area contributed by atoms with Crippen molar-refractivity contribution >= 4 is 12.0 Å². The standard InChI is InChI=1S/C9H16N2O3/c1-6-4-10(8(3)12)5-7(2)11(6)9(13)14/h6-7H,4-5H2,1-3H3,(H,13,14). The van der Waals surface area contributed by atoms with Crippen LogP contribution in [0, 0.1) is 0 Å². The molecule has 2 amide bonds. The fourth-order valence-corrected chi connectivity index (χ4v) is 1.96. The van der Waals surface area contributed by atoms with E-state index < -0.39 is 6.09 Å². The van der Waals surface area contributed by atoms with E-state index in [1.807, 2.05) is 13.8 Å². The van der Waals surface area contributed by atoms with Crippen LogP contribution < -0.4 is 0 Å². The Hall–Kier alpha value is -1.26. The molecular weight excluding hydrogens is 184 g/mol. The third kappa shape index (κ3) is 1.97. The molecule has 1 saturated heterocycles. The highest BCUT2D eigenvalue weighted by atomic mass is 16.4. The second-order valence-electron chi connectivity index (χ2n) is 3.81. The molecule has 0 aliphatic carbocycles. The molecule has 0 aromatic rings. The highest BCUT2D eigenvalue weighted by Gasteiger charge is 2.33. The number of carbonyl (C=O) groups is 2. The number of hydrogen-bond acceptors (Lipinski definition) is 2. The van der Waals surface area contributed by atoms with E-state index in [2.05, 4.69) is 0 Å². The van der Waals surface area contributed by atoms with Crippen molar-refractivity contribution in [3.05, 3.63) is 0 Å². The van der Waals surface area contributed by atoms with E-state index >= 15 is 0 Å². The van der Waals surface area contributed by atoms with Crippen LogP contribution in [0.5, 0.6) is 0 Å². The smallest absolute Gasteiger partial charge is 0.407 e. The van der Waals surface area contributed by atoms with Gasteiger partial charge in [-0.05, 0) is 13.8 Å². The van der Waals surface area contributed by atoms with Crippen LogP contribution in [0.1, 0.15) is 20.8 Å². The molecule has 0 aromatic carbocycles. The van der Waals surface area contributed by atoms with Gasteiger partial charge in [0.25, 0.3) is 0 Å². The number of amides is 2. The number of hydrogen-bond donors (Lipinski definition) is 1. The fourth-order valence-electron chi connectivity index (χ4n) is 1.96. The lowest BCUT2D eigenvalue weighted by molar-refractivity contribution is -0.132. The van der Waals surface area contributed by atoms with Crippen molar-refractivity contribution in [3.63, 3.8) is 0 Å². The maximum Gasteiger partial charge on any atom is 0.407 e. The minimum absolute atomic E-state index is 0.00809. The summed E-state index contributed by atoms with van der Waals surface area (Å²) in [5.41, 5.74) is 0. The minimum Gasteiger partial charge on any atom is -0.465 e. The van der Waals surface area contributed by atoms with Crippen molar-refractivity contribution in [2.75, 3.05) is 13.1 Å². The Labute approximate surface area is 83.3 Å². The Kier molecular flexibility index (Phi) is 2.98. The van der Waals surface area contributed by atoms with E-state index in [1.54, 1.807) is 4.90 Å². The molecule has 80 valence electrons. The van der Waals surface area contributed by atoms with E-state index in [1.165, 1.54) is 11.8 Å². The molecule has 1 rings (SSSR count). The zero-order chi connectivity index (χ0) is 10.9. The second-order valence-corrected chi connectivity index (χ2v) is 3.81. The zero-order valence-electron chi connectivity index (χ0n) is 8.73. The third-order valence-electron chi connectivity index (χ3n) is 2.59. The van der Waals surface area contributed by atoms with Crippen molar-refractivity contribution in [1.82, 2.24) is 9.80 Å². The van der Waals surface area contributed by atoms with Gasteiger partial charge in [-0.25, -0.2) is 4.79 Å². The summed E-state index contributed by atoms with van der Waals surface area (Å²) >= 11 is 0. The average molecular weight is 200 g/mol. The Morgan fingerprint density at radius 3 is 1.93 bits per heavy atom. The molecule has 0 bridgehead atoms. The van der Waals surface area contributed by atoms with Gasteiger partial charge >= 0.3 is 6.09 Å². The lowest BCUT2D eigenvalue weighted by Crippen LogP contribution is -2.59. The van der Waals surface area contributed by atoms with Gasteiger partial charge in [-0.1, -0.05) is 0 Å². The number of carbonyl (C=O) groups excluding carboxylic acids is 1. The molecule has 5 nitrogen and oxygen atoms in total. The summed E-state index contributed by atoms with van der Waals surface area (Å²) < 4.78 is 0. The maximum atomic E-state index is 11.1. The first-order valence-electron chi connectivity index (χ1n) is 4.70. The van der Waals surface area contributed by atoms with Gasteiger partial charge in [0.15, 0.2) is 0 Å². The molecular formula is C9H16N2O3. The highest BCUT2D eigenvalue weighted by molar-refractivity contribution is 5.74. The molecule has 1 aliphatic heterocycles. The van der Waals surface area contributed by atoms with Gasteiger partial charge in [-0.2, -0.15) is 0 Å². The number of nitrogens with zero attached hydrogens (tertiary/aromatic N) is 2. The summed E-state index contributed by atoms with van der Waals surface area (Å²) in [6, 6.07) is -0.250. The Bertz CT molecular complexity index is 242. The quantitative estimate of drug-likeness (QED) is 0.623. The van der Waals surface area contributed by atoms with Crippen molar-refractivity contribution in [2.24, 2.45) is 0 Å². The minimum atomic E-state index is -0.909. The molecule has 0 aromatic heterocycles. The molecule has 14 heavy (non-hydrogen) atoms. The van der Waals surface area contributed by atoms with Crippen molar-refractivity contribution in [2.45, 2.75) is 32.9 Å². The van der Waals surface area contributed by atoms with Gasteiger partial charge < -0.3 is 10.0 Å². The van der Waals surface area contributed by atoms with Crippen molar-refractivity contribution in [3.8, 4) is 0 Å². The van der Waals surface area contributed by atoms with Crippen LogP contribution in [-0.4, -0.2) is 52.1 Å². The Morgan fingerprint density at radius 1 is 1.21 bits per heavy atom. The van der Waals surface area contributed by atoms with Crippen LogP contribution in [0.4, 0.5) is 4.79 Å². The van der Waals surface area contributed by atoms with Crippen LogP contribution in [0.15, 0.2) is 0 Å². The molecule has 0 saturated carbocycles. The van der Waals surface area contributed by atoms with Crippen LogP contribution in [-0.2, 0) is 4.79 Å². The number of rotatable bonds is 0. The fraction of sp³-hybridized carbons (Fsp3) is 0.778. The first-order chi connectivity index (χ1) is 6.43. The predicted octanol–water partition coefficient (Wildman–Crippen LogP) is 0.606. The monoisotopic (exact) mass is 200 g/mol. The van der Waals surface area contributed by atoms with Crippen molar-refractivity contribution < 1.29 is 14.7 Å². The highest BCUT2D eigenvalue weighted by Crippen LogP contribution is 2.15. The first-order valence-corrected chi connectivity index (χ1v) is 4.70. The van der Waals surface area contributed by atoms with Gasteiger partial charge in [0.05, 0.1) is 12.1 Å². The predicted molar refractivity (Wildman–Crippen MR) is 51.0 cm³/mol. The molecule has 1 N–H and O–H groups in total. The molecule has 0 radical (unpaired) electrons. The summed E-state index contributed by atoms with van der Waals surface area (Å²) in [5.74, 6) is 0.00809. The van der Waals surface area contributed by atoms with Crippen LogP contribution in [0.3, 0.4) is 0 Å². The van der Waals surface area contributed by atoms with E-state index in [0.29, 0.717) is 13.1 Å². The Morgan fingerprint density at radius 2 is 1.64 bits per heavy atom.